The van der Waals surface area contributed by atoms with Gasteiger partial charge < -0.3 is 17.8 Å². The molecule has 0 aromatic rings. The number of hydrogen-bond donors (Lipinski definition) is 0. The summed E-state index contributed by atoms with van der Waals surface area (Å²) in [6, 6.07) is 0. The Kier molecular flexibility index (Phi) is 5.58. The Labute approximate surface area is 104 Å². The normalized spacial score (nSPS) is 21.3. The molecule has 1 saturated heterocycles. The zero-order valence-corrected chi connectivity index (χ0v) is 12.2. The van der Waals surface area contributed by atoms with Gasteiger partial charge in [-0.2, -0.15) is 0 Å². The van der Waals surface area contributed by atoms with Crippen molar-refractivity contribution in [3.8, 4) is 0 Å². The first-order chi connectivity index (χ1) is 8.15. The molecule has 1 amide bonds. The van der Waals surface area contributed by atoms with Gasteiger partial charge in [0, 0.05) is 33.8 Å². The van der Waals surface area contributed by atoms with Crippen molar-refractivity contribution in [1.82, 2.24) is 4.57 Å². The molecule has 1 aliphatic rings. The number of unbranched alkanes of at least 4 members (excludes halogenated alkanes) is 1. The maximum Gasteiger partial charge on any atom is 0.635 e. The van der Waals surface area contributed by atoms with Gasteiger partial charge in [-0.3, -0.25) is 4.79 Å². The molecule has 0 bridgehead atoms. The lowest BCUT2D eigenvalue weighted by Gasteiger charge is -2.32. The van der Waals surface area contributed by atoms with Gasteiger partial charge in [0.2, 0.25) is 5.91 Å². The summed E-state index contributed by atoms with van der Waals surface area (Å²) in [6.07, 6.45) is 4.04. The Bertz CT molecular complexity index is 250. The van der Waals surface area contributed by atoms with Gasteiger partial charge in [0.15, 0.2) is 0 Å². The van der Waals surface area contributed by atoms with E-state index in [4.69, 9.17) is 13.3 Å². The molecule has 1 rings (SSSR count). The molecule has 0 radical (unpaired) electrons. The van der Waals surface area contributed by atoms with Crippen LogP contribution in [0.25, 0.3) is 0 Å². The van der Waals surface area contributed by atoms with Crippen molar-refractivity contribution in [2.45, 2.75) is 32.6 Å². The maximum absolute atomic E-state index is 12.3. The van der Waals surface area contributed by atoms with E-state index in [1.165, 1.54) is 21.3 Å². The first-order valence-corrected chi connectivity index (χ1v) is 7.79. The minimum absolute atomic E-state index is 0.113. The maximum atomic E-state index is 12.3. The van der Waals surface area contributed by atoms with Crippen LogP contribution in [0.2, 0.25) is 0 Å². The van der Waals surface area contributed by atoms with Gasteiger partial charge in [-0.15, -0.1) is 0 Å². The minimum Gasteiger partial charge on any atom is -0.360 e. The predicted molar refractivity (Wildman–Crippen MR) is 66.1 cm³/mol. The molecular formula is C11H23NO4Si. The Hall–Kier alpha value is -0.433. The fourth-order valence-electron chi connectivity index (χ4n) is 2.31. The van der Waals surface area contributed by atoms with Gasteiger partial charge in [-0.25, -0.2) is 0 Å². The van der Waals surface area contributed by atoms with Crippen molar-refractivity contribution < 1.29 is 18.1 Å². The summed E-state index contributed by atoms with van der Waals surface area (Å²) in [4.78, 5) is 12.3. The first kappa shape index (κ1) is 14.6. The molecule has 1 unspecified atom stereocenters. The van der Waals surface area contributed by atoms with E-state index >= 15 is 0 Å². The molecule has 0 saturated carbocycles. The average Bonchev–Trinajstić information content (AvgIpc) is 2.72. The molecule has 100 valence electrons. The smallest absolute Gasteiger partial charge is 0.360 e. The summed E-state index contributed by atoms with van der Waals surface area (Å²) in [6.45, 7) is 2.81. The molecule has 0 N–H and O–H groups in total. The molecule has 1 fully saturated rings. The number of nitrogens with zero attached hydrogens (tertiary/aromatic N) is 1. The quantitative estimate of drug-likeness (QED) is 0.650. The monoisotopic (exact) mass is 261 g/mol. The van der Waals surface area contributed by atoms with Crippen LogP contribution < -0.4 is 0 Å². The van der Waals surface area contributed by atoms with E-state index < -0.39 is 8.97 Å². The molecule has 6 heteroatoms. The standard InChI is InChI=1S/C11H23NO4Si/c1-5-6-7-10-8-9-12(11(10)13)17(14-2,15-3)16-4/h10H,5-9H2,1-4H3. The van der Waals surface area contributed by atoms with Crippen LogP contribution in [0.15, 0.2) is 0 Å². The largest absolute Gasteiger partial charge is 0.635 e. The summed E-state index contributed by atoms with van der Waals surface area (Å²) in [5.74, 6) is 0.234. The van der Waals surface area contributed by atoms with E-state index in [2.05, 4.69) is 6.92 Å². The van der Waals surface area contributed by atoms with Gasteiger partial charge >= 0.3 is 8.97 Å². The number of carbonyl (C=O) groups excluding carboxylic acids is 1. The second-order valence-corrected chi connectivity index (χ2v) is 7.07. The van der Waals surface area contributed by atoms with E-state index in [1.807, 2.05) is 0 Å². The average molecular weight is 261 g/mol. The van der Waals surface area contributed by atoms with E-state index in [9.17, 15) is 4.79 Å². The van der Waals surface area contributed by atoms with Crippen LogP contribution in [0.5, 0.6) is 0 Å². The molecule has 1 aliphatic heterocycles. The van der Waals surface area contributed by atoms with Crippen LogP contribution in [0, 0.1) is 5.92 Å². The van der Waals surface area contributed by atoms with Gasteiger partial charge in [0.1, 0.15) is 0 Å². The fourth-order valence-corrected chi connectivity index (χ4v) is 4.33. The van der Waals surface area contributed by atoms with E-state index in [1.54, 1.807) is 4.57 Å². The highest BCUT2D eigenvalue weighted by molar-refractivity contribution is 6.60. The van der Waals surface area contributed by atoms with Crippen molar-refractivity contribution in [3.05, 3.63) is 0 Å². The highest BCUT2D eigenvalue weighted by Gasteiger charge is 2.53. The lowest BCUT2D eigenvalue weighted by molar-refractivity contribution is -0.131. The molecule has 1 heterocycles. The summed E-state index contributed by atoms with van der Waals surface area (Å²) >= 11 is 0. The van der Waals surface area contributed by atoms with Crippen LogP contribution in [0.1, 0.15) is 32.6 Å². The third-order valence-corrected chi connectivity index (χ3v) is 5.98. The first-order valence-electron chi connectivity index (χ1n) is 6.12. The van der Waals surface area contributed by atoms with Gasteiger partial charge in [-0.05, 0) is 12.8 Å². The van der Waals surface area contributed by atoms with Crippen LogP contribution in [-0.4, -0.2) is 47.3 Å². The van der Waals surface area contributed by atoms with Crippen LogP contribution in [0.4, 0.5) is 0 Å². The van der Waals surface area contributed by atoms with E-state index in [0.29, 0.717) is 6.54 Å². The van der Waals surface area contributed by atoms with Crippen molar-refractivity contribution in [3.63, 3.8) is 0 Å². The van der Waals surface area contributed by atoms with Gasteiger partial charge in [-0.1, -0.05) is 19.8 Å². The summed E-state index contributed by atoms with van der Waals surface area (Å²) < 4.78 is 17.7. The molecule has 0 aromatic heterocycles. The topological polar surface area (TPSA) is 48.0 Å². The van der Waals surface area contributed by atoms with Crippen LogP contribution in [-0.2, 0) is 18.1 Å². The van der Waals surface area contributed by atoms with E-state index in [0.717, 1.165) is 25.7 Å². The Morgan fingerprint density at radius 2 is 1.88 bits per heavy atom. The summed E-state index contributed by atoms with van der Waals surface area (Å²) in [5, 5.41) is 0. The predicted octanol–water partition coefficient (Wildman–Crippen LogP) is 1.40. The number of hydrogen-bond acceptors (Lipinski definition) is 4. The highest BCUT2D eigenvalue weighted by Crippen LogP contribution is 2.28. The Morgan fingerprint density at radius 1 is 1.29 bits per heavy atom. The SMILES string of the molecule is CCCCC1CCN([Si](OC)(OC)OC)C1=O. The zero-order chi connectivity index (χ0) is 12.9. The van der Waals surface area contributed by atoms with Crippen molar-refractivity contribution in [2.24, 2.45) is 5.92 Å². The van der Waals surface area contributed by atoms with Gasteiger partial charge in [0.25, 0.3) is 0 Å². The molecule has 0 spiro atoms. The molecule has 1 atom stereocenters. The molecular weight excluding hydrogens is 238 g/mol. The third-order valence-electron chi connectivity index (χ3n) is 3.33. The number of rotatable bonds is 7. The van der Waals surface area contributed by atoms with Crippen molar-refractivity contribution >= 4 is 14.9 Å². The molecule has 5 nitrogen and oxygen atoms in total. The number of carbonyl (C=O) groups is 1. The highest BCUT2D eigenvalue weighted by atomic mass is 28.4. The van der Waals surface area contributed by atoms with Gasteiger partial charge in [0.05, 0.1) is 0 Å². The third kappa shape index (κ3) is 2.88. The zero-order valence-electron chi connectivity index (χ0n) is 11.2. The summed E-state index contributed by atoms with van der Waals surface area (Å²) in [7, 11) is 1.66. The lowest BCUT2D eigenvalue weighted by Crippen LogP contribution is -2.60. The second-order valence-electron chi connectivity index (χ2n) is 4.25. The van der Waals surface area contributed by atoms with E-state index in [-0.39, 0.29) is 11.8 Å². The second kappa shape index (κ2) is 6.49. The Morgan fingerprint density at radius 3 is 2.35 bits per heavy atom. The number of amides is 1. The molecule has 0 aromatic carbocycles. The molecule has 17 heavy (non-hydrogen) atoms. The lowest BCUT2D eigenvalue weighted by atomic mass is 10.0. The summed E-state index contributed by atoms with van der Waals surface area (Å²) in [5.41, 5.74) is 0. The minimum atomic E-state index is -2.94. The van der Waals surface area contributed by atoms with Crippen LogP contribution in [0.3, 0.4) is 0 Å². The van der Waals surface area contributed by atoms with Crippen molar-refractivity contribution in [1.29, 1.82) is 0 Å². The van der Waals surface area contributed by atoms with Crippen LogP contribution >= 0.6 is 0 Å². The fraction of sp³-hybridized carbons (Fsp3) is 0.909. The Balaban J connectivity index is 2.70. The van der Waals surface area contributed by atoms with Crippen molar-refractivity contribution in [2.75, 3.05) is 27.9 Å². The molecule has 0 aliphatic carbocycles.